The number of nitrogens with one attached hydrogen (secondary N) is 2. The molecule has 25 heavy (non-hydrogen) atoms. The molecule has 8 heteroatoms. The van der Waals surface area contributed by atoms with Gasteiger partial charge < -0.3 is 20.3 Å². The summed E-state index contributed by atoms with van der Waals surface area (Å²) < 4.78 is 28.6. The van der Waals surface area contributed by atoms with E-state index in [1.54, 1.807) is 19.2 Å². The normalized spacial score (nSPS) is 14.4. The Kier molecular flexibility index (Phi) is 6.97. The van der Waals surface area contributed by atoms with Crippen LogP contribution >= 0.6 is 0 Å². The highest BCUT2D eigenvalue weighted by molar-refractivity contribution is 5.81. The lowest BCUT2D eigenvalue weighted by Crippen LogP contribution is -2.42. The third-order valence-corrected chi connectivity index (χ3v) is 3.80. The number of amides is 1. The Bertz CT molecular complexity index is 589. The van der Waals surface area contributed by atoms with Crippen LogP contribution in [0.5, 0.6) is 5.75 Å². The second kappa shape index (κ2) is 9.19. The number of rotatable bonds is 8. The number of nitrogens with zero attached hydrogens (tertiary/aromatic N) is 2. The van der Waals surface area contributed by atoms with E-state index in [4.69, 9.17) is 0 Å². The van der Waals surface area contributed by atoms with Crippen LogP contribution in [0.25, 0.3) is 0 Å². The van der Waals surface area contributed by atoms with Crippen LogP contribution in [-0.2, 0) is 11.3 Å². The topological polar surface area (TPSA) is 66.0 Å². The monoisotopic (exact) mass is 354 g/mol. The summed E-state index contributed by atoms with van der Waals surface area (Å²) in [5.41, 5.74) is 0.939. The molecule has 0 heterocycles. The smallest absolute Gasteiger partial charge is 0.387 e. The van der Waals surface area contributed by atoms with Gasteiger partial charge in [0.05, 0.1) is 0 Å². The van der Waals surface area contributed by atoms with E-state index in [0.29, 0.717) is 25.6 Å². The molecule has 1 amide bonds. The second-order valence-electron chi connectivity index (χ2n) is 5.92. The zero-order valence-electron chi connectivity index (χ0n) is 14.5. The minimum atomic E-state index is -2.82. The van der Waals surface area contributed by atoms with E-state index in [1.165, 1.54) is 12.1 Å². The predicted octanol–water partition coefficient (Wildman–Crippen LogP) is 1.82. The van der Waals surface area contributed by atoms with Crippen molar-refractivity contribution >= 4 is 11.9 Å². The van der Waals surface area contributed by atoms with E-state index in [2.05, 4.69) is 20.4 Å². The molecule has 1 aliphatic rings. The van der Waals surface area contributed by atoms with Crippen LogP contribution in [0.1, 0.15) is 18.4 Å². The molecule has 0 saturated heterocycles. The Hall–Kier alpha value is -2.38. The molecule has 0 unspecified atom stereocenters. The van der Waals surface area contributed by atoms with Gasteiger partial charge in [-0.25, -0.2) is 0 Å². The highest BCUT2D eigenvalue weighted by atomic mass is 19.3. The molecule has 2 rings (SSSR count). The summed E-state index contributed by atoms with van der Waals surface area (Å²) in [6, 6.07) is 6.49. The van der Waals surface area contributed by atoms with Gasteiger partial charge in [0.2, 0.25) is 5.91 Å². The fourth-order valence-electron chi connectivity index (χ4n) is 2.36. The number of carbonyl (C=O) groups excluding carboxylic acids is 1. The molecule has 0 bridgehead atoms. The van der Waals surface area contributed by atoms with Crippen molar-refractivity contribution in [3.63, 3.8) is 0 Å². The summed E-state index contributed by atoms with van der Waals surface area (Å²) in [7, 11) is 3.56. The Balaban J connectivity index is 1.74. The van der Waals surface area contributed by atoms with Gasteiger partial charge in [0.1, 0.15) is 5.75 Å². The van der Waals surface area contributed by atoms with Crippen molar-refractivity contribution in [3.8, 4) is 5.75 Å². The number of aliphatic imine (C=N–C) groups is 1. The molecule has 6 nitrogen and oxygen atoms in total. The number of benzene rings is 1. The number of hydrogen-bond donors (Lipinski definition) is 2. The number of guanidine groups is 1. The van der Waals surface area contributed by atoms with Gasteiger partial charge in [0.15, 0.2) is 5.96 Å². The number of alkyl halides is 2. The van der Waals surface area contributed by atoms with E-state index < -0.39 is 6.61 Å². The quantitative estimate of drug-likeness (QED) is 0.425. The Morgan fingerprint density at radius 1 is 1.28 bits per heavy atom. The first-order valence-electron chi connectivity index (χ1n) is 8.23. The van der Waals surface area contributed by atoms with Gasteiger partial charge in [0.25, 0.3) is 0 Å². The summed E-state index contributed by atoms with van der Waals surface area (Å²) >= 11 is 0. The van der Waals surface area contributed by atoms with E-state index in [-0.39, 0.29) is 17.6 Å². The van der Waals surface area contributed by atoms with Gasteiger partial charge in [-0.15, -0.1) is 0 Å². The van der Waals surface area contributed by atoms with E-state index in [0.717, 1.165) is 18.4 Å². The molecule has 1 aromatic rings. The van der Waals surface area contributed by atoms with E-state index >= 15 is 0 Å². The Morgan fingerprint density at radius 3 is 2.48 bits per heavy atom. The molecule has 0 radical (unpaired) electrons. The van der Waals surface area contributed by atoms with Crippen LogP contribution in [0.15, 0.2) is 29.3 Å². The van der Waals surface area contributed by atoms with Crippen LogP contribution in [0.2, 0.25) is 0 Å². The summed E-state index contributed by atoms with van der Waals surface area (Å²) in [5, 5.41) is 6.06. The molecule has 2 N–H and O–H groups in total. The highest BCUT2D eigenvalue weighted by Crippen LogP contribution is 2.28. The average Bonchev–Trinajstić information content (AvgIpc) is 3.41. The van der Waals surface area contributed by atoms with Gasteiger partial charge in [-0.05, 0) is 30.5 Å². The molecule has 1 aliphatic carbocycles. The van der Waals surface area contributed by atoms with Gasteiger partial charge >= 0.3 is 6.61 Å². The van der Waals surface area contributed by atoms with Gasteiger partial charge in [-0.2, -0.15) is 8.78 Å². The zero-order chi connectivity index (χ0) is 18.2. The van der Waals surface area contributed by atoms with Crippen molar-refractivity contribution in [3.05, 3.63) is 29.8 Å². The van der Waals surface area contributed by atoms with Crippen LogP contribution in [0.3, 0.4) is 0 Å². The minimum absolute atomic E-state index is 0.122. The molecule has 0 aliphatic heterocycles. The molecular weight excluding hydrogens is 330 g/mol. The summed E-state index contributed by atoms with van der Waals surface area (Å²) in [6.45, 7) is -1.14. The Labute approximate surface area is 146 Å². The third-order valence-electron chi connectivity index (χ3n) is 3.80. The van der Waals surface area contributed by atoms with Crippen molar-refractivity contribution in [2.24, 2.45) is 10.9 Å². The maximum atomic E-state index is 12.1. The largest absolute Gasteiger partial charge is 0.435 e. The SMILES string of the molecule is CN=C(NCCNC(=O)C1CC1)N(C)Cc1ccc(OC(F)F)cc1. The fourth-order valence-corrected chi connectivity index (χ4v) is 2.36. The van der Waals surface area contributed by atoms with Gasteiger partial charge in [-0.1, -0.05) is 12.1 Å². The fraction of sp³-hybridized carbons (Fsp3) is 0.529. The molecule has 138 valence electrons. The van der Waals surface area contributed by atoms with Crippen LogP contribution < -0.4 is 15.4 Å². The van der Waals surface area contributed by atoms with Crippen LogP contribution in [0.4, 0.5) is 8.78 Å². The first-order chi connectivity index (χ1) is 12.0. The van der Waals surface area contributed by atoms with Crippen molar-refractivity contribution in [1.82, 2.24) is 15.5 Å². The number of carbonyl (C=O) groups is 1. The molecule has 0 atom stereocenters. The lowest BCUT2D eigenvalue weighted by molar-refractivity contribution is -0.122. The summed E-state index contributed by atoms with van der Waals surface area (Å²) in [4.78, 5) is 17.7. The first kappa shape index (κ1) is 19.0. The Morgan fingerprint density at radius 2 is 1.92 bits per heavy atom. The van der Waals surface area contributed by atoms with Crippen molar-refractivity contribution < 1.29 is 18.3 Å². The third kappa shape index (κ3) is 6.56. The first-order valence-corrected chi connectivity index (χ1v) is 8.23. The zero-order valence-corrected chi connectivity index (χ0v) is 14.5. The molecular formula is C17H24F2N4O2. The van der Waals surface area contributed by atoms with Crippen molar-refractivity contribution in [1.29, 1.82) is 0 Å². The van der Waals surface area contributed by atoms with Gasteiger partial charge in [0, 0.05) is 39.6 Å². The molecule has 1 aromatic carbocycles. The lowest BCUT2D eigenvalue weighted by Gasteiger charge is -2.22. The van der Waals surface area contributed by atoms with Crippen molar-refractivity contribution in [2.75, 3.05) is 27.2 Å². The van der Waals surface area contributed by atoms with Gasteiger partial charge in [-0.3, -0.25) is 9.79 Å². The van der Waals surface area contributed by atoms with Crippen LogP contribution in [0, 0.1) is 5.92 Å². The molecule has 1 fully saturated rings. The predicted molar refractivity (Wildman–Crippen MR) is 91.6 cm³/mol. The number of hydrogen-bond acceptors (Lipinski definition) is 3. The summed E-state index contributed by atoms with van der Waals surface area (Å²) in [6.07, 6.45) is 1.98. The number of halogens is 2. The van der Waals surface area contributed by atoms with Crippen molar-refractivity contribution in [2.45, 2.75) is 26.0 Å². The van der Waals surface area contributed by atoms with E-state index in [1.807, 2.05) is 11.9 Å². The van der Waals surface area contributed by atoms with E-state index in [9.17, 15) is 13.6 Å². The summed E-state index contributed by atoms with van der Waals surface area (Å²) in [5.74, 6) is 1.15. The minimum Gasteiger partial charge on any atom is -0.435 e. The maximum Gasteiger partial charge on any atom is 0.387 e. The number of ether oxygens (including phenoxy) is 1. The second-order valence-corrected chi connectivity index (χ2v) is 5.92. The highest BCUT2D eigenvalue weighted by Gasteiger charge is 2.28. The molecule has 1 saturated carbocycles. The average molecular weight is 354 g/mol. The standard InChI is InChI=1S/C17H24F2N4O2/c1-20-17(22-10-9-21-15(24)13-5-6-13)23(2)11-12-3-7-14(8-4-12)25-16(18)19/h3-4,7-8,13,16H,5-6,9-11H2,1-2H3,(H,20,22)(H,21,24). The van der Waals surface area contributed by atoms with Crippen LogP contribution in [-0.4, -0.2) is 50.6 Å². The lowest BCUT2D eigenvalue weighted by atomic mass is 10.2. The molecule has 0 spiro atoms. The maximum absolute atomic E-state index is 12.1. The molecule has 0 aromatic heterocycles.